The van der Waals surface area contributed by atoms with Crippen LogP contribution in [-0.4, -0.2) is 42.9 Å². The molecule has 3 aromatic carbocycles. The van der Waals surface area contributed by atoms with E-state index in [9.17, 15) is 19.2 Å². The van der Waals surface area contributed by atoms with Crippen LogP contribution in [0.1, 0.15) is 33.2 Å². The van der Waals surface area contributed by atoms with Crippen LogP contribution in [0.4, 0.5) is 5.69 Å². The van der Waals surface area contributed by atoms with Gasteiger partial charge in [0.2, 0.25) is 5.91 Å². The Hall–Kier alpha value is -4.46. The molecule has 0 spiro atoms. The Morgan fingerprint density at radius 3 is 2.11 bits per heavy atom. The maximum atomic E-state index is 13.2. The molecule has 3 N–H and O–H groups in total. The Labute approximate surface area is 203 Å². The number of hydrogen-bond acceptors (Lipinski definition) is 5. The Kier molecular flexibility index (Phi) is 9.13. The average molecular weight is 474 g/mol. The number of carbonyl (C=O) groups is 4. The lowest BCUT2D eigenvalue weighted by molar-refractivity contribution is -0.143. The van der Waals surface area contributed by atoms with Crippen molar-refractivity contribution in [1.29, 1.82) is 0 Å². The minimum atomic E-state index is -0.961. The van der Waals surface area contributed by atoms with Crippen molar-refractivity contribution in [2.45, 2.75) is 19.4 Å². The normalized spacial score (nSPS) is 11.1. The van der Waals surface area contributed by atoms with Crippen LogP contribution < -0.4 is 16.0 Å². The van der Waals surface area contributed by atoms with Gasteiger partial charge in [-0.2, -0.15) is 0 Å². The number of amides is 3. The zero-order chi connectivity index (χ0) is 25.0. The first kappa shape index (κ1) is 25.2. The molecule has 3 amide bonds. The van der Waals surface area contributed by atoms with Crippen LogP contribution in [0.15, 0.2) is 84.9 Å². The first-order valence-electron chi connectivity index (χ1n) is 11.2. The lowest BCUT2D eigenvalue weighted by Crippen LogP contribution is -2.49. The van der Waals surface area contributed by atoms with E-state index in [1.807, 2.05) is 30.3 Å². The Bertz CT molecular complexity index is 1170. The number of anilines is 1. The van der Waals surface area contributed by atoms with E-state index in [-0.39, 0.29) is 31.0 Å². The van der Waals surface area contributed by atoms with Crippen molar-refractivity contribution in [3.63, 3.8) is 0 Å². The third kappa shape index (κ3) is 7.53. The van der Waals surface area contributed by atoms with Crippen molar-refractivity contribution in [2.75, 3.05) is 18.5 Å². The second kappa shape index (κ2) is 12.7. The molecule has 0 heterocycles. The minimum Gasteiger partial charge on any atom is -0.465 e. The van der Waals surface area contributed by atoms with Crippen molar-refractivity contribution >= 4 is 29.4 Å². The monoisotopic (exact) mass is 473 g/mol. The van der Waals surface area contributed by atoms with Crippen LogP contribution in [0.2, 0.25) is 0 Å². The third-order valence-corrected chi connectivity index (χ3v) is 5.07. The molecule has 0 aliphatic heterocycles. The molecule has 0 aliphatic rings. The summed E-state index contributed by atoms with van der Waals surface area (Å²) in [6.07, 6.45) is 0.208. The van der Waals surface area contributed by atoms with E-state index >= 15 is 0 Å². The van der Waals surface area contributed by atoms with Crippen LogP contribution in [0.25, 0.3) is 0 Å². The fraction of sp³-hybridized carbons (Fsp3) is 0.185. The van der Waals surface area contributed by atoms with Gasteiger partial charge in [0, 0.05) is 12.0 Å². The topological polar surface area (TPSA) is 114 Å². The molecule has 0 aromatic heterocycles. The fourth-order valence-electron chi connectivity index (χ4n) is 3.36. The van der Waals surface area contributed by atoms with E-state index in [4.69, 9.17) is 4.74 Å². The number of benzene rings is 3. The number of hydrogen-bond donors (Lipinski definition) is 3. The number of nitrogens with one attached hydrogen (secondary N) is 3. The van der Waals surface area contributed by atoms with Gasteiger partial charge in [-0.3, -0.25) is 19.2 Å². The Morgan fingerprint density at radius 1 is 0.800 bits per heavy atom. The highest BCUT2D eigenvalue weighted by atomic mass is 16.5. The van der Waals surface area contributed by atoms with Crippen molar-refractivity contribution in [2.24, 2.45) is 0 Å². The summed E-state index contributed by atoms with van der Waals surface area (Å²) in [6, 6.07) is 23.4. The van der Waals surface area contributed by atoms with Crippen molar-refractivity contribution in [1.82, 2.24) is 10.6 Å². The molecule has 1 unspecified atom stereocenters. The summed E-state index contributed by atoms with van der Waals surface area (Å²) in [7, 11) is 0. The van der Waals surface area contributed by atoms with E-state index in [2.05, 4.69) is 16.0 Å². The highest BCUT2D eigenvalue weighted by Gasteiger charge is 2.24. The molecule has 1 atom stereocenters. The summed E-state index contributed by atoms with van der Waals surface area (Å²) in [5.74, 6) is -2.00. The number of esters is 1. The highest BCUT2D eigenvalue weighted by Crippen LogP contribution is 2.17. The molecule has 35 heavy (non-hydrogen) atoms. The SMILES string of the molecule is CCOC(=O)CNC(=O)C(Cc1ccccc1)NC(=O)c1ccccc1NC(=O)c1ccccc1. The van der Waals surface area contributed by atoms with E-state index in [0.717, 1.165) is 5.56 Å². The first-order valence-corrected chi connectivity index (χ1v) is 11.2. The van der Waals surface area contributed by atoms with Crippen LogP contribution in [0, 0.1) is 0 Å². The summed E-state index contributed by atoms with van der Waals surface area (Å²) in [4.78, 5) is 50.3. The van der Waals surface area contributed by atoms with Crippen LogP contribution in [-0.2, 0) is 20.7 Å². The number of para-hydroxylation sites is 1. The molecule has 8 nitrogen and oxygen atoms in total. The number of ether oxygens (including phenoxy) is 1. The summed E-state index contributed by atoms with van der Waals surface area (Å²) in [5.41, 5.74) is 1.79. The van der Waals surface area contributed by atoms with E-state index in [1.165, 1.54) is 0 Å². The second-order valence-corrected chi connectivity index (χ2v) is 7.60. The molecule has 3 rings (SSSR count). The van der Waals surface area contributed by atoms with Gasteiger partial charge in [0.1, 0.15) is 12.6 Å². The van der Waals surface area contributed by atoms with Gasteiger partial charge >= 0.3 is 5.97 Å². The molecular formula is C27H27N3O5. The molecule has 8 heteroatoms. The van der Waals surface area contributed by atoms with Crippen LogP contribution >= 0.6 is 0 Å². The molecule has 0 radical (unpaired) electrons. The van der Waals surface area contributed by atoms with Gasteiger partial charge in [-0.25, -0.2) is 0 Å². The predicted molar refractivity (Wildman–Crippen MR) is 132 cm³/mol. The van der Waals surface area contributed by atoms with Gasteiger partial charge in [-0.05, 0) is 36.8 Å². The molecule has 0 saturated heterocycles. The standard InChI is InChI=1S/C27H27N3O5/c1-2-35-24(31)18-28-27(34)23(17-19-11-5-3-6-12-19)30-26(33)21-15-9-10-16-22(21)29-25(32)20-13-7-4-8-14-20/h3-16,23H,2,17-18H2,1H3,(H,28,34)(H,29,32)(H,30,33). The van der Waals surface area contributed by atoms with Gasteiger partial charge < -0.3 is 20.7 Å². The van der Waals surface area contributed by atoms with E-state index < -0.39 is 23.8 Å². The maximum absolute atomic E-state index is 13.2. The number of rotatable bonds is 10. The molecule has 0 bridgehead atoms. The molecular weight excluding hydrogens is 446 g/mol. The maximum Gasteiger partial charge on any atom is 0.325 e. The average Bonchev–Trinajstić information content (AvgIpc) is 2.88. The van der Waals surface area contributed by atoms with Gasteiger partial charge in [0.05, 0.1) is 17.9 Å². The summed E-state index contributed by atoms with van der Waals surface area (Å²) in [5, 5.41) is 8.00. The molecule has 3 aromatic rings. The van der Waals surface area contributed by atoms with E-state index in [0.29, 0.717) is 11.3 Å². The Morgan fingerprint density at radius 2 is 1.43 bits per heavy atom. The number of carbonyl (C=O) groups excluding carboxylic acids is 4. The lowest BCUT2D eigenvalue weighted by atomic mass is 10.0. The zero-order valence-corrected chi connectivity index (χ0v) is 19.3. The van der Waals surface area contributed by atoms with Gasteiger partial charge in [0.15, 0.2) is 0 Å². The molecule has 0 fully saturated rings. The lowest BCUT2D eigenvalue weighted by Gasteiger charge is -2.19. The van der Waals surface area contributed by atoms with E-state index in [1.54, 1.807) is 61.5 Å². The molecule has 180 valence electrons. The second-order valence-electron chi connectivity index (χ2n) is 7.60. The van der Waals surface area contributed by atoms with Gasteiger partial charge in [0.25, 0.3) is 11.8 Å². The van der Waals surface area contributed by atoms with Crippen LogP contribution in [0.3, 0.4) is 0 Å². The molecule has 0 aliphatic carbocycles. The van der Waals surface area contributed by atoms with Gasteiger partial charge in [-0.1, -0.05) is 60.7 Å². The summed E-state index contributed by atoms with van der Waals surface area (Å²) in [6.45, 7) is 1.56. The smallest absolute Gasteiger partial charge is 0.325 e. The molecule has 0 saturated carbocycles. The third-order valence-electron chi connectivity index (χ3n) is 5.07. The van der Waals surface area contributed by atoms with Crippen molar-refractivity contribution < 1.29 is 23.9 Å². The predicted octanol–water partition coefficient (Wildman–Crippen LogP) is 2.96. The Balaban J connectivity index is 1.77. The van der Waals surface area contributed by atoms with Crippen LogP contribution in [0.5, 0.6) is 0 Å². The van der Waals surface area contributed by atoms with Gasteiger partial charge in [-0.15, -0.1) is 0 Å². The quantitative estimate of drug-likeness (QED) is 0.392. The largest absolute Gasteiger partial charge is 0.465 e. The highest BCUT2D eigenvalue weighted by molar-refractivity contribution is 6.09. The first-order chi connectivity index (χ1) is 17.0. The minimum absolute atomic E-state index is 0.199. The van der Waals surface area contributed by atoms with Crippen molar-refractivity contribution in [3.8, 4) is 0 Å². The zero-order valence-electron chi connectivity index (χ0n) is 19.3. The fourth-order valence-corrected chi connectivity index (χ4v) is 3.36. The summed E-state index contributed by atoms with van der Waals surface area (Å²) >= 11 is 0. The summed E-state index contributed by atoms with van der Waals surface area (Å²) < 4.78 is 4.85. The van der Waals surface area contributed by atoms with Crippen molar-refractivity contribution in [3.05, 3.63) is 102 Å².